The molecule has 1 aromatic carbocycles. The smallest absolute Gasteiger partial charge is 0.416 e. The average Bonchev–Trinajstić information content (AvgIpc) is 3.00. The van der Waals surface area contributed by atoms with Gasteiger partial charge in [-0.15, -0.1) is 4.31 Å². The van der Waals surface area contributed by atoms with E-state index in [9.17, 15) is 26.7 Å². The van der Waals surface area contributed by atoms with E-state index < -0.39 is 22.1 Å². The fraction of sp³-hybridized carbons (Fsp3) is 0.533. The van der Waals surface area contributed by atoms with Crippen LogP contribution < -0.4 is 5.32 Å². The molecule has 0 saturated carbocycles. The minimum Gasteiger partial charge on any atom is -0.593 e. The van der Waals surface area contributed by atoms with Gasteiger partial charge in [-0.3, -0.25) is 0 Å². The van der Waals surface area contributed by atoms with E-state index in [0.29, 0.717) is 32.0 Å². The molecule has 1 atom stereocenters. The molecule has 3 rings (SSSR count). The van der Waals surface area contributed by atoms with Crippen molar-refractivity contribution in [1.29, 1.82) is 0 Å². The van der Waals surface area contributed by atoms with Crippen LogP contribution in [0.5, 0.6) is 0 Å². The monoisotopic (exact) mass is 377 g/mol. The fourth-order valence-corrected chi connectivity index (χ4v) is 4.73. The number of nitrogens with zero attached hydrogens (tertiary/aromatic N) is 2. The molecule has 0 aliphatic carbocycles. The van der Waals surface area contributed by atoms with Gasteiger partial charge in [0.1, 0.15) is 0 Å². The van der Waals surface area contributed by atoms with Crippen molar-refractivity contribution in [1.82, 2.24) is 14.5 Å². The largest absolute Gasteiger partial charge is 0.593 e. The lowest BCUT2D eigenvalue weighted by Gasteiger charge is -2.36. The maximum absolute atomic E-state index is 12.8. The Bertz CT molecular complexity index is 705. The fourth-order valence-electron chi connectivity index (χ4n) is 3.21. The Morgan fingerprint density at radius 3 is 2.44 bits per heavy atom. The molecule has 0 bridgehead atoms. The van der Waals surface area contributed by atoms with Crippen LogP contribution in [0, 0.1) is 0 Å². The van der Waals surface area contributed by atoms with E-state index in [4.69, 9.17) is 0 Å². The van der Waals surface area contributed by atoms with E-state index in [0.717, 1.165) is 12.1 Å². The summed E-state index contributed by atoms with van der Waals surface area (Å²) in [4.78, 5) is 13.0. The van der Waals surface area contributed by atoms with E-state index in [-0.39, 0.29) is 30.1 Å². The zero-order valence-electron chi connectivity index (χ0n) is 13.3. The predicted octanol–water partition coefficient (Wildman–Crippen LogP) is 2.10. The van der Waals surface area contributed by atoms with Gasteiger partial charge in [-0.1, -0.05) is 10.3 Å². The van der Waals surface area contributed by atoms with E-state index >= 15 is 0 Å². The Labute approximate surface area is 144 Å². The standard InChI is InChI=1S/C15H18F3N3O3S/c16-15(17,18)11-2-1-3-13(10-11)25(23,24)20-7-4-12(5-8-20)21-9-6-19-14(21)22/h1-3,10,12H,4-9H2,(H-,19,22,23,24). The molecule has 1 aromatic rings. The predicted molar refractivity (Wildman–Crippen MR) is 83.2 cm³/mol. The van der Waals surface area contributed by atoms with Gasteiger partial charge < -0.3 is 14.8 Å². The first-order valence-corrected chi connectivity index (χ1v) is 9.35. The molecule has 2 saturated heterocycles. The van der Waals surface area contributed by atoms with Crippen molar-refractivity contribution in [3.63, 3.8) is 0 Å². The second-order valence-corrected chi connectivity index (χ2v) is 8.02. The van der Waals surface area contributed by atoms with E-state index in [2.05, 4.69) is 5.32 Å². The van der Waals surface area contributed by atoms with Crippen LogP contribution in [0.25, 0.3) is 0 Å². The number of amides is 2. The Morgan fingerprint density at radius 1 is 1.20 bits per heavy atom. The maximum atomic E-state index is 12.8. The molecule has 0 aromatic heterocycles. The molecule has 2 aliphatic rings. The number of alkyl halides is 3. The summed E-state index contributed by atoms with van der Waals surface area (Å²) in [6.07, 6.45) is -3.67. The zero-order valence-corrected chi connectivity index (χ0v) is 14.1. The summed E-state index contributed by atoms with van der Waals surface area (Å²) in [5.74, 6) is 0. The summed E-state index contributed by atoms with van der Waals surface area (Å²) in [7, 11) is -3.99. The molecular formula is C15H18F3N3O3S. The molecule has 2 aliphatic heterocycles. The van der Waals surface area contributed by atoms with Crippen LogP contribution in [0.2, 0.25) is 0 Å². The highest BCUT2D eigenvalue weighted by molar-refractivity contribution is 7.95. The first-order valence-electron chi connectivity index (χ1n) is 7.91. The minimum atomic E-state index is -4.60. The van der Waals surface area contributed by atoms with Crippen molar-refractivity contribution in [3.8, 4) is 0 Å². The number of benzene rings is 1. The summed E-state index contributed by atoms with van der Waals surface area (Å²) < 4.78 is 64.9. The summed E-state index contributed by atoms with van der Waals surface area (Å²) in [6, 6.07) is 3.57. The molecule has 138 valence electrons. The molecule has 2 fully saturated rings. The second kappa shape index (κ2) is 6.58. The van der Waals surface area contributed by atoms with Crippen LogP contribution in [0.15, 0.2) is 29.2 Å². The van der Waals surface area contributed by atoms with Crippen molar-refractivity contribution < 1.29 is 26.7 Å². The van der Waals surface area contributed by atoms with Gasteiger partial charge in [0.25, 0.3) is 0 Å². The van der Waals surface area contributed by atoms with E-state index in [1.165, 1.54) is 10.4 Å². The number of carbonyl (C=O) groups is 1. The summed E-state index contributed by atoms with van der Waals surface area (Å²) in [6.45, 7) is 1.51. The van der Waals surface area contributed by atoms with E-state index in [1.54, 1.807) is 4.90 Å². The molecule has 0 radical (unpaired) electrons. The Kier molecular flexibility index (Phi) is 4.78. The Hall–Kier alpha value is -1.65. The molecule has 1 N–H and O–H groups in total. The first kappa shape index (κ1) is 18.2. The van der Waals surface area contributed by atoms with Crippen LogP contribution in [0.3, 0.4) is 0 Å². The van der Waals surface area contributed by atoms with Crippen molar-refractivity contribution in [2.75, 3.05) is 26.2 Å². The highest BCUT2D eigenvalue weighted by Gasteiger charge is 2.39. The summed E-state index contributed by atoms with van der Waals surface area (Å²) >= 11 is 0. The van der Waals surface area contributed by atoms with Crippen molar-refractivity contribution in [2.45, 2.75) is 30.0 Å². The lowest BCUT2D eigenvalue weighted by molar-refractivity contribution is -0.137. The van der Waals surface area contributed by atoms with Crippen LogP contribution in [0.4, 0.5) is 18.0 Å². The number of sulfonamides is 1. The van der Waals surface area contributed by atoms with Gasteiger partial charge in [-0.25, -0.2) is 4.79 Å². The topological polar surface area (TPSA) is 75.7 Å². The van der Waals surface area contributed by atoms with E-state index in [1.807, 2.05) is 0 Å². The SMILES string of the molecule is O=C1NCCN1C1CCN([S+](=O)([O-])c2cccc(C(F)(F)F)c2)CC1. The van der Waals surface area contributed by atoms with Crippen LogP contribution in [-0.2, 0) is 20.8 Å². The second-order valence-electron chi connectivity index (χ2n) is 6.09. The van der Waals surface area contributed by atoms with Gasteiger partial charge in [0.05, 0.1) is 5.56 Å². The van der Waals surface area contributed by atoms with Gasteiger partial charge in [0.15, 0.2) is 15.3 Å². The van der Waals surface area contributed by atoms with Crippen molar-refractivity contribution in [3.05, 3.63) is 29.8 Å². The number of carbonyl (C=O) groups excluding carboxylic acids is 1. The van der Waals surface area contributed by atoms with Crippen molar-refractivity contribution in [2.24, 2.45) is 0 Å². The third kappa shape index (κ3) is 3.65. The molecule has 0 spiro atoms. The summed E-state index contributed by atoms with van der Waals surface area (Å²) in [5.41, 5.74) is -0.989. The normalized spacial score (nSPS) is 22.7. The molecule has 6 nitrogen and oxygen atoms in total. The van der Waals surface area contributed by atoms with Crippen molar-refractivity contribution >= 4 is 16.4 Å². The molecule has 2 heterocycles. The number of rotatable bonds is 3. The number of halogens is 3. The number of hydrogen-bond donors (Lipinski definition) is 1. The number of urea groups is 1. The minimum absolute atomic E-state index is 0.0459. The number of hydrogen-bond acceptors (Lipinski definition) is 3. The lowest BCUT2D eigenvalue weighted by atomic mass is 10.1. The average molecular weight is 377 g/mol. The van der Waals surface area contributed by atoms with Gasteiger partial charge in [0.2, 0.25) is 0 Å². The highest BCUT2D eigenvalue weighted by Crippen LogP contribution is 2.33. The van der Waals surface area contributed by atoms with Crippen LogP contribution in [0.1, 0.15) is 18.4 Å². The van der Waals surface area contributed by atoms with Gasteiger partial charge in [-0.05, 0) is 25.0 Å². The van der Waals surface area contributed by atoms with Crippen LogP contribution in [-0.4, -0.2) is 52.0 Å². The highest BCUT2D eigenvalue weighted by atomic mass is 32.3. The van der Waals surface area contributed by atoms with Gasteiger partial charge in [0, 0.05) is 38.3 Å². The third-order valence-electron chi connectivity index (χ3n) is 4.55. The molecule has 25 heavy (non-hydrogen) atoms. The molecule has 1 unspecified atom stereocenters. The molecule has 2 amide bonds. The number of piperidine rings is 1. The van der Waals surface area contributed by atoms with Crippen LogP contribution >= 0.6 is 0 Å². The third-order valence-corrected chi connectivity index (χ3v) is 6.45. The Balaban J connectivity index is 1.72. The van der Waals surface area contributed by atoms with Gasteiger partial charge in [-0.2, -0.15) is 13.2 Å². The molecule has 10 heteroatoms. The zero-order chi connectivity index (χ0) is 18.2. The Morgan fingerprint density at radius 2 is 1.88 bits per heavy atom. The first-order chi connectivity index (χ1) is 11.7. The lowest BCUT2D eigenvalue weighted by Crippen LogP contribution is -2.49. The summed E-state index contributed by atoms with van der Waals surface area (Å²) in [5, 5.41) is 2.70. The molecular weight excluding hydrogens is 359 g/mol. The number of nitrogens with one attached hydrogen (secondary N) is 1. The quantitative estimate of drug-likeness (QED) is 0.820. The van der Waals surface area contributed by atoms with Gasteiger partial charge >= 0.3 is 12.2 Å². The maximum Gasteiger partial charge on any atom is 0.416 e.